The van der Waals surface area contributed by atoms with E-state index in [-0.39, 0.29) is 87.8 Å². The van der Waals surface area contributed by atoms with Crippen LogP contribution >= 0.6 is 0 Å². The predicted octanol–water partition coefficient (Wildman–Crippen LogP) is 3.11. The van der Waals surface area contributed by atoms with Crippen molar-refractivity contribution in [3.63, 3.8) is 0 Å². The standard InChI is InChI=1S/C28H16O8S4/c29-25-9-1-10-18-6-20-12(26(10)30)3-14-22(39(20)35)8-24-16(28(14)32)4-15-23(40(24)36)7-21-13(27(15)31)2-11(25)19(38(21)34)5-17(9)37(18)33/h5-8,29-32H,1-4H2. The van der Waals surface area contributed by atoms with E-state index in [9.17, 15) is 37.3 Å². The fraction of sp³-hybridized carbons (Fsp3) is 0.143. The van der Waals surface area contributed by atoms with Crippen LogP contribution in [0.1, 0.15) is 44.5 Å². The number of benzene rings is 4. The molecule has 0 saturated heterocycles. The number of phenolic OH excluding ortho intramolecular Hbond substituents is 4. The van der Waals surface area contributed by atoms with Gasteiger partial charge in [-0.1, -0.05) is 0 Å². The molecule has 4 heterocycles. The molecule has 0 aliphatic carbocycles. The van der Waals surface area contributed by atoms with Crippen LogP contribution in [0.4, 0.5) is 0 Å². The number of phenols is 4. The van der Waals surface area contributed by atoms with E-state index in [1.165, 1.54) is 0 Å². The minimum Gasteiger partial charge on any atom is -0.507 e. The van der Waals surface area contributed by atoms with E-state index < -0.39 is 43.2 Å². The van der Waals surface area contributed by atoms with Gasteiger partial charge in [-0.25, -0.2) is 16.8 Å². The Labute approximate surface area is 236 Å². The molecule has 4 aliphatic rings. The second-order valence-electron chi connectivity index (χ2n) is 10.5. The summed E-state index contributed by atoms with van der Waals surface area (Å²) in [5.41, 5.74) is 2.65. The van der Waals surface area contributed by atoms with Crippen LogP contribution in [0.3, 0.4) is 0 Å². The van der Waals surface area contributed by atoms with Crippen LogP contribution in [0.5, 0.6) is 23.0 Å². The first kappa shape index (κ1) is 23.4. The average Bonchev–Trinajstić information content (AvgIpc) is 2.93. The number of aromatic hydroxyl groups is 4. The number of fused-ring (bicyclic) bond motifs is 8. The van der Waals surface area contributed by atoms with Crippen molar-refractivity contribution in [3.8, 4) is 23.0 Å². The Hall–Kier alpha value is -3.32. The van der Waals surface area contributed by atoms with Crippen LogP contribution in [-0.2, 0) is 68.9 Å². The van der Waals surface area contributed by atoms with E-state index in [0.29, 0.717) is 44.5 Å². The molecule has 4 N–H and O–H groups in total. The Kier molecular flexibility index (Phi) is 4.27. The molecule has 0 aromatic heterocycles. The molecule has 0 unspecified atom stereocenters. The topological polar surface area (TPSA) is 149 Å². The van der Waals surface area contributed by atoms with E-state index in [1.807, 2.05) is 0 Å². The highest BCUT2D eigenvalue weighted by atomic mass is 32.2. The molecular formula is C28H16O8S4. The van der Waals surface area contributed by atoms with Gasteiger partial charge >= 0.3 is 0 Å². The average molecular weight is 609 g/mol. The summed E-state index contributed by atoms with van der Waals surface area (Å²) in [6.07, 6.45) is 0.162. The highest BCUT2D eigenvalue weighted by Gasteiger charge is 2.41. The Morgan fingerprint density at radius 3 is 0.650 bits per heavy atom. The summed E-state index contributed by atoms with van der Waals surface area (Å²) in [5, 5.41) is 45.8. The largest absolute Gasteiger partial charge is 0.507 e. The van der Waals surface area contributed by atoms with E-state index in [4.69, 9.17) is 0 Å². The van der Waals surface area contributed by atoms with Crippen molar-refractivity contribution < 1.29 is 37.3 Å². The predicted molar refractivity (Wildman–Crippen MR) is 142 cm³/mol. The number of hydrogen-bond acceptors (Lipinski definition) is 8. The van der Waals surface area contributed by atoms with Gasteiger partial charge < -0.3 is 20.4 Å². The van der Waals surface area contributed by atoms with Crippen LogP contribution in [0.15, 0.2) is 63.4 Å². The van der Waals surface area contributed by atoms with Crippen molar-refractivity contribution in [3.05, 3.63) is 68.8 Å². The summed E-state index contributed by atoms with van der Waals surface area (Å²) in [7, 11) is -7.56. The normalized spacial score (nSPS) is 23.4. The van der Waals surface area contributed by atoms with Gasteiger partial charge in [-0.3, -0.25) is 0 Å². The maximum absolute atomic E-state index is 13.9. The first-order chi connectivity index (χ1) is 19.2. The van der Waals surface area contributed by atoms with Crippen LogP contribution in [0.2, 0.25) is 0 Å². The molecule has 4 aromatic rings. The van der Waals surface area contributed by atoms with Crippen molar-refractivity contribution >= 4 is 43.2 Å². The highest BCUT2D eigenvalue weighted by molar-refractivity contribution is 7.87. The monoisotopic (exact) mass is 608 g/mol. The lowest BCUT2D eigenvalue weighted by Gasteiger charge is -2.32. The van der Waals surface area contributed by atoms with Crippen LogP contribution in [0.25, 0.3) is 0 Å². The summed E-state index contributed by atoms with van der Waals surface area (Å²) in [4.78, 5) is 2.03. The molecule has 8 rings (SSSR count). The van der Waals surface area contributed by atoms with E-state index >= 15 is 0 Å². The van der Waals surface area contributed by atoms with Gasteiger partial charge in [0, 0.05) is 70.2 Å². The third-order valence-corrected chi connectivity index (χ3v) is 14.8. The van der Waals surface area contributed by atoms with Crippen molar-refractivity contribution in [2.75, 3.05) is 0 Å². The Morgan fingerprint density at radius 2 is 0.500 bits per heavy atom. The van der Waals surface area contributed by atoms with Crippen LogP contribution in [0, 0.1) is 0 Å². The molecule has 0 spiro atoms. The smallest absolute Gasteiger partial charge is 0.125 e. The number of hydrogen-bond donors (Lipinski definition) is 4. The van der Waals surface area contributed by atoms with Crippen LogP contribution in [-0.4, -0.2) is 37.3 Å². The van der Waals surface area contributed by atoms with Crippen molar-refractivity contribution in [1.82, 2.24) is 0 Å². The second kappa shape index (κ2) is 7.30. The van der Waals surface area contributed by atoms with Gasteiger partial charge in [0.05, 0.1) is 82.4 Å². The first-order valence-corrected chi connectivity index (χ1v) is 16.9. The van der Waals surface area contributed by atoms with Gasteiger partial charge in [0.15, 0.2) is 0 Å². The van der Waals surface area contributed by atoms with Gasteiger partial charge in [-0.15, -0.1) is 0 Å². The van der Waals surface area contributed by atoms with E-state index in [2.05, 4.69) is 0 Å². The van der Waals surface area contributed by atoms with Crippen molar-refractivity contribution in [1.29, 1.82) is 0 Å². The Balaban J connectivity index is 1.48. The molecule has 0 fully saturated rings. The second-order valence-corrected chi connectivity index (χ2v) is 16.2. The molecule has 0 saturated carbocycles. The lowest BCUT2D eigenvalue weighted by atomic mass is 9.90. The third kappa shape index (κ3) is 2.53. The maximum atomic E-state index is 13.9. The molecule has 4 aromatic carbocycles. The fourth-order valence-electron chi connectivity index (χ4n) is 6.71. The third-order valence-electron chi connectivity index (χ3n) is 8.73. The Bertz CT molecular complexity index is 1710. The Morgan fingerprint density at radius 1 is 0.350 bits per heavy atom. The highest BCUT2D eigenvalue weighted by Crippen LogP contribution is 2.54. The van der Waals surface area contributed by atoms with Gasteiger partial charge in [0.25, 0.3) is 0 Å². The molecule has 4 aliphatic heterocycles. The van der Waals surface area contributed by atoms with Gasteiger partial charge in [-0.05, 0) is 24.3 Å². The molecule has 0 bridgehead atoms. The van der Waals surface area contributed by atoms with Crippen molar-refractivity contribution in [2.24, 2.45) is 0 Å². The summed E-state index contributed by atoms with van der Waals surface area (Å²) in [5.74, 6) is -0.754. The molecule has 40 heavy (non-hydrogen) atoms. The van der Waals surface area contributed by atoms with Gasteiger partial charge in [0.2, 0.25) is 0 Å². The zero-order chi connectivity index (χ0) is 27.5. The molecule has 12 heteroatoms. The van der Waals surface area contributed by atoms with Gasteiger partial charge in [-0.2, -0.15) is 0 Å². The van der Waals surface area contributed by atoms with Gasteiger partial charge in [0.1, 0.15) is 23.0 Å². The van der Waals surface area contributed by atoms with Crippen LogP contribution < -0.4 is 0 Å². The molecule has 0 atom stereocenters. The maximum Gasteiger partial charge on any atom is 0.125 e. The zero-order valence-electron chi connectivity index (χ0n) is 20.2. The van der Waals surface area contributed by atoms with E-state index in [0.717, 1.165) is 0 Å². The minimum absolute atomic E-state index is 0.0406. The summed E-state index contributed by atoms with van der Waals surface area (Å²) >= 11 is 0. The van der Waals surface area contributed by atoms with Crippen molar-refractivity contribution in [2.45, 2.75) is 64.8 Å². The summed E-state index contributed by atoms with van der Waals surface area (Å²) < 4.78 is 55.7. The zero-order valence-corrected chi connectivity index (χ0v) is 23.5. The molecule has 0 amide bonds. The quantitative estimate of drug-likeness (QED) is 0.205. The first-order valence-electron chi connectivity index (χ1n) is 12.3. The lowest BCUT2D eigenvalue weighted by molar-refractivity contribution is 0.439. The molecular weight excluding hydrogens is 593 g/mol. The number of rotatable bonds is 0. The molecule has 8 nitrogen and oxygen atoms in total. The molecule has 0 radical (unpaired) electrons. The lowest BCUT2D eigenvalue weighted by Crippen LogP contribution is -2.21. The van der Waals surface area contributed by atoms with E-state index in [1.54, 1.807) is 24.3 Å². The summed E-state index contributed by atoms with van der Waals surface area (Å²) in [6.45, 7) is 0. The summed E-state index contributed by atoms with van der Waals surface area (Å²) in [6, 6.07) is 6.19. The fourth-order valence-corrected chi connectivity index (χ4v) is 12.9. The minimum atomic E-state index is -1.89. The SMILES string of the molecule is O=S1c2cc3c4c(O)c2Cc2c1cc1c(c2O)Cc2c(cc5c(c2O)Cc2c(cc(c(c2O)C4)S3=O)S5=O)S1=O. The molecule has 200 valence electrons.